The normalized spacial score (nSPS) is 11.2. The molecule has 0 bridgehead atoms. The Bertz CT molecular complexity index is 772. The summed E-state index contributed by atoms with van der Waals surface area (Å²) in [5.41, 5.74) is 1.30. The maximum absolute atomic E-state index is 12.2. The van der Waals surface area contributed by atoms with Crippen LogP contribution in [0.2, 0.25) is 5.02 Å². The predicted molar refractivity (Wildman–Crippen MR) is 89.9 cm³/mol. The number of amides is 1. The molecule has 0 saturated heterocycles. The fraction of sp³-hybridized carbons (Fsp3) is 0.188. The van der Waals surface area contributed by atoms with Crippen molar-refractivity contribution < 1.29 is 13.2 Å². The minimum absolute atomic E-state index is 0.140. The van der Waals surface area contributed by atoms with Crippen LogP contribution in [-0.4, -0.2) is 20.9 Å². The Hall–Kier alpha value is -1.89. The summed E-state index contributed by atoms with van der Waals surface area (Å²) < 4.78 is 26.8. The third-order valence-electron chi connectivity index (χ3n) is 3.14. The molecule has 2 aromatic carbocycles. The van der Waals surface area contributed by atoms with Crippen molar-refractivity contribution in [3.8, 4) is 0 Å². The van der Waals surface area contributed by atoms with Gasteiger partial charge in [-0.2, -0.15) is 0 Å². The van der Waals surface area contributed by atoms with Gasteiger partial charge in [-0.1, -0.05) is 23.7 Å². The van der Waals surface area contributed by atoms with Crippen molar-refractivity contribution in [2.75, 3.05) is 6.54 Å². The molecule has 2 rings (SSSR count). The van der Waals surface area contributed by atoms with Crippen molar-refractivity contribution in [1.82, 2.24) is 10.0 Å². The third-order valence-corrected chi connectivity index (χ3v) is 4.81. The molecule has 0 aliphatic heterocycles. The van der Waals surface area contributed by atoms with Crippen molar-refractivity contribution in [3.63, 3.8) is 0 Å². The number of benzene rings is 2. The number of rotatable bonds is 6. The maximum Gasteiger partial charge on any atom is 0.251 e. The minimum atomic E-state index is -3.60. The highest BCUT2D eigenvalue weighted by molar-refractivity contribution is 7.89. The highest BCUT2D eigenvalue weighted by Gasteiger charge is 2.13. The molecule has 0 heterocycles. The van der Waals surface area contributed by atoms with Crippen molar-refractivity contribution in [2.24, 2.45) is 0 Å². The van der Waals surface area contributed by atoms with Crippen LogP contribution in [-0.2, 0) is 16.6 Å². The van der Waals surface area contributed by atoms with Gasteiger partial charge in [0, 0.05) is 23.7 Å². The second-order valence-electron chi connectivity index (χ2n) is 4.83. The molecule has 1 amide bonds. The quantitative estimate of drug-likeness (QED) is 0.839. The lowest BCUT2D eigenvalue weighted by molar-refractivity contribution is 0.0956. The van der Waals surface area contributed by atoms with Crippen LogP contribution in [0.5, 0.6) is 0 Å². The van der Waals surface area contributed by atoms with Gasteiger partial charge in [0.25, 0.3) is 5.91 Å². The zero-order valence-corrected chi connectivity index (χ0v) is 14.1. The van der Waals surface area contributed by atoms with E-state index in [-0.39, 0.29) is 17.3 Å². The highest BCUT2D eigenvalue weighted by Crippen LogP contribution is 2.14. The summed E-state index contributed by atoms with van der Waals surface area (Å²) in [4.78, 5) is 11.8. The van der Waals surface area contributed by atoms with E-state index < -0.39 is 10.0 Å². The van der Waals surface area contributed by atoms with Crippen molar-refractivity contribution in [3.05, 3.63) is 64.7 Å². The predicted octanol–water partition coefficient (Wildman–Crippen LogP) is 2.57. The number of hydrogen-bond acceptors (Lipinski definition) is 3. The molecule has 0 aliphatic carbocycles. The van der Waals surface area contributed by atoms with Gasteiger partial charge >= 0.3 is 0 Å². The lowest BCUT2D eigenvalue weighted by Crippen LogP contribution is -2.24. The summed E-state index contributed by atoms with van der Waals surface area (Å²) in [7, 11) is -3.60. The summed E-state index contributed by atoms with van der Waals surface area (Å²) in [6.07, 6.45) is 0. The van der Waals surface area contributed by atoms with Crippen LogP contribution in [0.15, 0.2) is 53.4 Å². The van der Waals surface area contributed by atoms with Gasteiger partial charge in [0.05, 0.1) is 4.90 Å². The van der Waals surface area contributed by atoms with Crippen LogP contribution in [0.25, 0.3) is 0 Å². The van der Waals surface area contributed by atoms with Gasteiger partial charge in [-0.15, -0.1) is 0 Å². The van der Waals surface area contributed by atoms with E-state index in [9.17, 15) is 13.2 Å². The average molecular weight is 353 g/mol. The Labute approximate surface area is 140 Å². The van der Waals surface area contributed by atoms with Gasteiger partial charge in [0.15, 0.2) is 0 Å². The standard InChI is InChI=1S/C16H17ClN2O3S/c1-2-18-16(20)13-5-3-12(4-6-13)11-19-23(21,22)15-9-7-14(17)8-10-15/h3-10,19H,2,11H2,1H3,(H,18,20). The highest BCUT2D eigenvalue weighted by atomic mass is 35.5. The summed E-state index contributed by atoms with van der Waals surface area (Å²) in [5, 5.41) is 3.18. The van der Waals surface area contributed by atoms with E-state index in [0.29, 0.717) is 17.1 Å². The lowest BCUT2D eigenvalue weighted by atomic mass is 10.1. The first-order valence-electron chi connectivity index (χ1n) is 7.05. The molecule has 7 heteroatoms. The van der Waals surface area contributed by atoms with E-state index in [4.69, 9.17) is 11.6 Å². The van der Waals surface area contributed by atoms with Gasteiger partial charge in [-0.05, 0) is 48.9 Å². The molecule has 0 atom stereocenters. The molecule has 0 unspecified atom stereocenters. The topological polar surface area (TPSA) is 75.3 Å². The Balaban J connectivity index is 2.02. The SMILES string of the molecule is CCNC(=O)c1ccc(CNS(=O)(=O)c2ccc(Cl)cc2)cc1. The number of nitrogens with one attached hydrogen (secondary N) is 2. The second-order valence-corrected chi connectivity index (χ2v) is 7.04. The van der Waals surface area contributed by atoms with Gasteiger partial charge in [-0.3, -0.25) is 4.79 Å². The second kappa shape index (κ2) is 7.59. The lowest BCUT2D eigenvalue weighted by Gasteiger charge is -2.08. The molecule has 0 fully saturated rings. The molecule has 2 N–H and O–H groups in total. The van der Waals surface area contributed by atoms with E-state index in [2.05, 4.69) is 10.0 Å². The molecule has 0 radical (unpaired) electrons. The van der Waals surface area contributed by atoms with Gasteiger partial charge < -0.3 is 5.32 Å². The first-order valence-corrected chi connectivity index (χ1v) is 8.91. The molecule has 0 spiro atoms. The van der Waals surface area contributed by atoms with Gasteiger partial charge in [-0.25, -0.2) is 13.1 Å². The first-order chi connectivity index (χ1) is 10.9. The molecule has 0 saturated carbocycles. The van der Waals surface area contributed by atoms with Crippen LogP contribution in [0.1, 0.15) is 22.8 Å². The van der Waals surface area contributed by atoms with Crippen LogP contribution in [0, 0.1) is 0 Å². The van der Waals surface area contributed by atoms with E-state index in [1.54, 1.807) is 24.3 Å². The van der Waals surface area contributed by atoms with Gasteiger partial charge in [0.1, 0.15) is 0 Å². The average Bonchev–Trinajstić information content (AvgIpc) is 2.54. The molecule has 122 valence electrons. The van der Waals surface area contributed by atoms with Crippen LogP contribution < -0.4 is 10.0 Å². The fourth-order valence-corrected chi connectivity index (χ4v) is 3.06. The Kier molecular flexibility index (Phi) is 5.76. The van der Waals surface area contributed by atoms with Crippen molar-refractivity contribution in [1.29, 1.82) is 0 Å². The Morgan fingerprint density at radius 2 is 1.65 bits per heavy atom. The molecule has 0 aliphatic rings. The molecule has 23 heavy (non-hydrogen) atoms. The van der Waals surface area contributed by atoms with Gasteiger partial charge in [0.2, 0.25) is 10.0 Å². The smallest absolute Gasteiger partial charge is 0.251 e. The number of halogens is 1. The summed E-state index contributed by atoms with van der Waals surface area (Å²) in [5.74, 6) is -0.152. The zero-order valence-electron chi connectivity index (χ0n) is 12.5. The van der Waals surface area contributed by atoms with E-state index in [1.165, 1.54) is 24.3 Å². The van der Waals surface area contributed by atoms with Crippen LogP contribution in [0.4, 0.5) is 0 Å². The third kappa shape index (κ3) is 4.79. The van der Waals surface area contributed by atoms with Crippen molar-refractivity contribution in [2.45, 2.75) is 18.4 Å². The zero-order chi connectivity index (χ0) is 16.9. The van der Waals surface area contributed by atoms with E-state index in [0.717, 1.165) is 5.56 Å². The molecular formula is C16H17ClN2O3S. The minimum Gasteiger partial charge on any atom is -0.352 e. The molecular weight excluding hydrogens is 336 g/mol. The molecule has 5 nitrogen and oxygen atoms in total. The molecule has 2 aromatic rings. The summed E-state index contributed by atoms with van der Waals surface area (Å²) in [6, 6.07) is 12.7. The van der Waals surface area contributed by atoms with Crippen LogP contribution >= 0.6 is 11.6 Å². The van der Waals surface area contributed by atoms with Crippen molar-refractivity contribution >= 4 is 27.5 Å². The number of hydrogen-bond donors (Lipinski definition) is 2. The number of carbonyl (C=O) groups excluding carboxylic acids is 1. The summed E-state index contributed by atoms with van der Waals surface area (Å²) in [6.45, 7) is 2.54. The van der Waals surface area contributed by atoms with Crippen LogP contribution in [0.3, 0.4) is 0 Å². The fourth-order valence-electron chi connectivity index (χ4n) is 1.91. The molecule has 0 aromatic heterocycles. The largest absolute Gasteiger partial charge is 0.352 e. The summed E-state index contributed by atoms with van der Waals surface area (Å²) >= 11 is 5.75. The Morgan fingerprint density at radius 3 is 2.22 bits per heavy atom. The van der Waals surface area contributed by atoms with E-state index in [1.807, 2.05) is 6.92 Å². The Morgan fingerprint density at radius 1 is 1.04 bits per heavy atom. The van der Waals surface area contributed by atoms with E-state index >= 15 is 0 Å². The number of carbonyl (C=O) groups is 1. The number of sulfonamides is 1. The first kappa shape index (κ1) is 17.5. The monoisotopic (exact) mass is 352 g/mol. The maximum atomic E-state index is 12.2.